The van der Waals surface area contributed by atoms with Crippen molar-refractivity contribution in [2.75, 3.05) is 37.2 Å². The number of aromatic nitrogens is 1. The zero-order valence-corrected chi connectivity index (χ0v) is 17.8. The van der Waals surface area contributed by atoms with Crippen molar-refractivity contribution < 1.29 is 22.3 Å². The van der Waals surface area contributed by atoms with Crippen molar-refractivity contribution in [3.8, 4) is 0 Å². The van der Waals surface area contributed by atoms with Gasteiger partial charge in [0, 0.05) is 31.7 Å². The van der Waals surface area contributed by atoms with E-state index in [1.54, 1.807) is 6.07 Å². The van der Waals surface area contributed by atoms with Gasteiger partial charge in [-0.3, -0.25) is 9.52 Å². The van der Waals surface area contributed by atoms with Crippen LogP contribution in [0.25, 0.3) is 0 Å². The molecule has 1 fully saturated rings. The fraction of sp³-hybridized carbons (Fsp3) is 0.368. The van der Waals surface area contributed by atoms with Crippen LogP contribution in [-0.4, -0.2) is 51.8 Å². The Kier molecular flexibility index (Phi) is 7.24. The van der Waals surface area contributed by atoms with Gasteiger partial charge in [0.05, 0.1) is 29.7 Å². The largest absolute Gasteiger partial charge is 0.372 e. The van der Waals surface area contributed by atoms with E-state index in [0.717, 1.165) is 6.26 Å². The number of amides is 1. The van der Waals surface area contributed by atoms with Crippen LogP contribution in [0.2, 0.25) is 5.02 Å². The summed E-state index contributed by atoms with van der Waals surface area (Å²) in [6, 6.07) is 7.49. The smallest absolute Gasteiger partial charge is 0.272 e. The highest BCUT2D eigenvalue weighted by atomic mass is 35.5. The number of hydrogen-bond donors (Lipinski definition) is 3. The molecule has 3 N–H and O–H groups in total. The molecule has 0 aliphatic carbocycles. The van der Waals surface area contributed by atoms with Gasteiger partial charge >= 0.3 is 0 Å². The molecule has 2 heterocycles. The van der Waals surface area contributed by atoms with Crippen LogP contribution < -0.4 is 15.4 Å². The van der Waals surface area contributed by atoms with E-state index in [-0.39, 0.29) is 28.9 Å². The van der Waals surface area contributed by atoms with E-state index in [0.29, 0.717) is 25.3 Å². The van der Waals surface area contributed by atoms with Crippen LogP contribution in [0.3, 0.4) is 0 Å². The second-order valence-electron chi connectivity index (χ2n) is 6.91. The van der Waals surface area contributed by atoms with Crippen LogP contribution in [0.4, 0.5) is 10.1 Å². The monoisotopic (exact) mass is 456 g/mol. The number of carbonyl (C=O) groups is 1. The normalized spacial score (nSPS) is 19.7. The Hall–Kier alpha value is -2.27. The lowest BCUT2D eigenvalue weighted by Crippen LogP contribution is -2.37. The highest BCUT2D eigenvalue weighted by Gasteiger charge is 2.28. The molecule has 0 bridgehead atoms. The number of hydrogen-bond acceptors (Lipinski definition) is 6. The first-order valence-corrected chi connectivity index (χ1v) is 11.5. The molecule has 2 atom stereocenters. The Morgan fingerprint density at radius 1 is 1.40 bits per heavy atom. The predicted octanol–water partition coefficient (Wildman–Crippen LogP) is 1.95. The lowest BCUT2D eigenvalue weighted by molar-refractivity contribution is 0.0303. The molecule has 1 aromatic heterocycles. The third-order valence-corrected chi connectivity index (χ3v) is 5.42. The zero-order valence-electron chi connectivity index (χ0n) is 16.2. The molecular formula is C19H22ClFN4O4S. The average Bonchev–Trinajstić information content (AvgIpc) is 2.93. The number of anilines is 1. The van der Waals surface area contributed by atoms with Crippen molar-refractivity contribution in [1.29, 1.82) is 0 Å². The molecule has 0 radical (unpaired) electrons. The van der Waals surface area contributed by atoms with Gasteiger partial charge < -0.3 is 15.4 Å². The minimum Gasteiger partial charge on any atom is -0.372 e. The van der Waals surface area contributed by atoms with Gasteiger partial charge in [0.1, 0.15) is 5.82 Å². The first kappa shape index (κ1) is 22.4. The maximum absolute atomic E-state index is 13.9. The van der Waals surface area contributed by atoms with Crippen LogP contribution >= 0.6 is 11.6 Å². The quantitative estimate of drug-likeness (QED) is 0.613. The highest BCUT2D eigenvalue weighted by molar-refractivity contribution is 7.92. The molecular weight excluding hydrogens is 435 g/mol. The summed E-state index contributed by atoms with van der Waals surface area (Å²) in [4.78, 5) is 16.7. The van der Waals surface area contributed by atoms with Crippen molar-refractivity contribution in [3.05, 3.63) is 58.6 Å². The number of sulfonamides is 1. The standard InChI is InChI=1S/C19H22ClFN4O4S/c1-30(27,28)25-16-3-2-6-23-17(16)19(26)24-11-13-10-22-7-8-29-18(13)12-4-5-14(20)15(21)9-12/h2-6,9,13,18,22,25H,7-8,10-11H2,1H3,(H,24,26)/t13-,18-/m0/s1. The predicted molar refractivity (Wildman–Crippen MR) is 111 cm³/mol. The van der Waals surface area contributed by atoms with E-state index in [1.165, 1.54) is 30.5 Å². The number of rotatable bonds is 6. The molecule has 0 spiro atoms. The van der Waals surface area contributed by atoms with Crippen molar-refractivity contribution >= 4 is 33.2 Å². The Bertz CT molecular complexity index is 1020. The molecule has 0 saturated carbocycles. The second kappa shape index (κ2) is 9.69. The van der Waals surface area contributed by atoms with Crippen molar-refractivity contribution in [2.45, 2.75) is 6.10 Å². The summed E-state index contributed by atoms with van der Waals surface area (Å²) in [5.41, 5.74) is 0.667. The number of ether oxygens (including phenoxy) is 1. The van der Waals surface area contributed by atoms with E-state index < -0.39 is 27.9 Å². The molecule has 2 aromatic rings. The number of benzene rings is 1. The van der Waals surface area contributed by atoms with E-state index in [9.17, 15) is 17.6 Å². The van der Waals surface area contributed by atoms with Gasteiger partial charge in [0.2, 0.25) is 10.0 Å². The summed E-state index contributed by atoms with van der Waals surface area (Å²) >= 11 is 5.78. The summed E-state index contributed by atoms with van der Waals surface area (Å²) in [5.74, 6) is -1.28. The molecule has 162 valence electrons. The summed E-state index contributed by atoms with van der Waals surface area (Å²) in [6.07, 6.45) is 1.94. The van der Waals surface area contributed by atoms with Crippen LogP contribution in [0.5, 0.6) is 0 Å². The lowest BCUT2D eigenvalue weighted by Gasteiger charge is -2.25. The van der Waals surface area contributed by atoms with Crippen LogP contribution in [0.15, 0.2) is 36.5 Å². The molecule has 11 heteroatoms. The van der Waals surface area contributed by atoms with Gasteiger partial charge in [0.15, 0.2) is 5.69 Å². The van der Waals surface area contributed by atoms with E-state index in [4.69, 9.17) is 16.3 Å². The Balaban J connectivity index is 1.75. The average molecular weight is 457 g/mol. The van der Waals surface area contributed by atoms with Gasteiger partial charge in [-0.15, -0.1) is 0 Å². The Morgan fingerprint density at radius 2 is 2.20 bits per heavy atom. The number of nitrogens with zero attached hydrogens (tertiary/aromatic N) is 1. The fourth-order valence-electron chi connectivity index (χ4n) is 3.20. The fourth-order valence-corrected chi connectivity index (χ4v) is 3.88. The molecule has 1 aliphatic heterocycles. The summed E-state index contributed by atoms with van der Waals surface area (Å²) in [5, 5.41) is 6.02. The first-order valence-electron chi connectivity index (χ1n) is 9.23. The number of nitrogens with one attached hydrogen (secondary N) is 3. The Morgan fingerprint density at radius 3 is 2.93 bits per heavy atom. The topological polar surface area (TPSA) is 109 Å². The third-order valence-electron chi connectivity index (χ3n) is 4.53. The molecule has 1 aliphatic rings. The molecule has 1 amide bonds. The minimum atomic E-state index is -3.57. The van der Waals surface area contributed by atoms with Crippen molar-refractivity contribution in [2.24, 2.45) is 5.92 Å². The van der Waals surface area contributed by atoms with Gasteiger partial charge in [-0.25, -0.2) is 17.8 Å². The summed E-state index contributed by atoms with van der Waals surface area (Å²) in [7, 11) is -3.57. The number of pyridine rings is 1. The van der Waals surface area contributed by atoms with Gasteiger partial charge in [0.25, 0.3) is 5.91 Å². The molecule has 3 rings (SSSR count). The minimum absolute atomic E-state index is 0.0245. The van der Waals surface area contributed by atoms with Crippen molar-refractivity contribution in [3.63, 3.8) is 0 Å². The van der Waals surface area contributed by atoms with Crippen molar-refractivity contribution in [1.82, 2.24) is 15.6 Å². The molecule has 30 heavy (non-hydrogen) atoms. The van der Waals surface area contributed by atoms with E-state index in [1.807, 2.05) is 0 Å². The zero-order chi connectivity index (χ0) is 21.7. The summed E-state index contributed by atoms with van der Waals surface area (Å²) in [6.45, 7) is 1.79. The number of carbonyl (C=O) groups excluding carboxylic acids is 1. The second-order valence-corrected chi connectivity index (χ2v) is 9.07. The first-order chi connectivity index (χ1) is 14.2. The molecule has 0 unspecified atom stereocenters. The maximum Gasteiger partial charge on any atom is 0.272 e. The van der Waals surface area contributed by atoms with Gasteiger partial charge in [-0.1, -0.05) is 17.7 Å². The van der Waals surface area contributed by atoms with Crippen LogP contribution in [-0.2, 0) is 14.8 Å². The third kappa shape index (κ3) is 5.88. The van der Waals surface area contributed by atoms with Crippen LogP contribution in [0.1, 0.15) is 22.2 Å². The summed E-state index contributed by atoms with van der Waals surface area (Å²) < 4.78 is 45.2. The SMILES string of the molecule is CS(=O)(=O)Nc1cccnc1C(=O)NC[C@@H]1CNCCO[C@H]1c1ccc(Cl)c(F)c1. The highest BCUT2D eigenvalue weighted by Crippen LogP contribution is 2.29. The van der Waals surface area contributed by atoms with Gasteiger partial charge in [-0.2, -0.15) is 0 Å². The molecule has 1 saturated heterocycles. The maximum atomic E-state index is 13.9. The van der Waals surface area contributed by atoms with E-state index in [2.05, 4.69) is 20.3 Å². The van der Waals surface area contributed by atoms with Gasteiger partial charge in [-0.05, 0) is 29.8 Å². The number of halogens is 2. The lowest BCUT2D eigenvalue weighted by atomic mass is 9.95. The van der Waals surface area contributed by atoms with E-state index >= 15 is 0 Å². The molecule has 8 nitrogen and oxygen atoms in total. The van der Waals surface area contributed by atoms with Crippen LogP contribution in [0, 0.1) is 11.7 Å². The molecule has 1 aromatic carbocycles. The Labute approximate surface area is 179 Å².